The van der Waals surface area contributed by atoms with Crippen LogP contribution in [-0.4, -0.2) is 23.3 Å². The number of thiazole rings is 1. The van der Waals surface area contributed by atoms with Crippen molar-refractivity contribution in [3.8, 4) is 0 Å². The van der Waals surface area contributed by atoms with Gasteiger partial charge in [0.25, 0.3) is 0 Å². The summed E-state index contributed by atoms with van der Waals surface area (Å²) in [5, 5.41) is 3.41. The van der Waals surface area contributed by atoms with Crippen LogP contribution < -0.4 is 10.2 Å². The molecule has 0 fully saturated rings. The fraction of sp³-hybridized carbons (Fsp3) is 0.125. The second kappa shape index (κ2) is 8.53. The van der Waals surface area contributed by atoms with Crippen LogP contribution in [0.2, 0.25) is 0 Å². The van der Waals surface area contributed by atoms with Crippen molar-refractivity contribution in [3.05, 3.63) is 84.4 Å². The average Bonchev–Trinajstić information content (AvgIpc) is 3.14. The minimum atomic E-state index is -0.259. The van der Waals surface area contributed by atoms with Crippen molar-refractivity contribution in [1.82, 2.24) is 4.98 Å². The lowest BCUT2D eigenvalue weighted by atomic mass is 10.1. The Hall–Kier alpha value is -3.16. The summed E-state index contributed by atoms with van der Waals surface area (Å²) in [5.41, 5.74) is 2.73. The molecule has 0 saturated heterocycles. The molecule has 1 unspecified atom stereocenters. The summed E-state index contributed by atoms with van der Waals surface area (Å²) in [6.07, 6.45) is 0.331. The van der Waals surface area contributed by atoms with Gasteiger partial charge in [-0.1, -0.05) is 65.9 Å². The molecule has 5 nitrogen and oxygen atoms in total. The lowest BCUT2D eigenvalue weighted by molar-refractivity contribution is -0.121. The van der Waals surface area contributed by atoms with E-state index in [9.17, 15) is 9.59 Å². The lowest BCUT2D eigenvalue weighted by Crippen LogP contribution is -2.38. The van der Waals surface area contributed by atoms with Crippen molar-refractivity contribution < 1.29 is 9.59 Å². The molecule has 0 saturated carbocycles. The van der Waals surface area contributed by atoms with E-state index in [0.717, 1.165) is 26.4 Å². The number of carbonyl (C=O) groups is 2. The molecule has 1 N–H and O–H groups in total. The van der Waals surface area contributed by atoms with Gasteiger partial charge in [-0.05, 0) is 29.8 Å². The van der Waals surface area contributed by atoms with Crippen LogP contribution in [0, 0.1) is 0 Å². The molecule has 1 aliphatic heterocycles. The number of aromatic nitrogens is 1. The molecular weight excluding hydrogens is 426 g/mol. The normalized spacial score (nSPS) is 16.1. The topological polar surface area (TPSA) is 62.3 Å². The van der Waals surface area contributed by atoms with Crippen LogP contribution in [0.25, 0.3) is 10.2 Å². The largest absolute Gasteiger partial charge is 0.302 e. The molecule has 1 aromatic heterocycles. The standard InChI is InChI=1S/C24H19N3O2S2/c28-22(26-24-25-17-10-4-6-12-19(17)31-24)15-27-18-11-5-7-13-20(18)30-21(14-23(27)29)16-8-2-1-3-9-16/h1-13,21H,14-15H2,(H,25,26,28). The number of nitrogens with zero attached hydrogens (tertiary/aromatic N) is 2. The number of hydrogen-bond donors (Lipinski definition) is 1. The number of rotatable bonds is 4. The van der Waals surface area contributed by atoms with Crippen LogP contribution in [0.5, 0.6) is 0 Å². The minimum absolute atomic E-state index is 0.00664. The van der Waals surface area contributed by atoms with E-state index in [1.807, 2.05) is 78.9 Å². The Bertz CT molecular complexity index is 1220. The third-order valence-electron chi connectivity index (χ3n) is 5.10. The first-order valence-electron chi connectivity index (χ1n) is 9.94. The maximum atomic E-state index is 13.2. The number of anilines is 2. The molecular formula is C24H19N3O2S2. The van der Waals surface area contributed by atoms with Gasteiger partial charge in [-0.25, -0.2) is 4.98 Å². The van der Waals surface area contributed by atoms with E-state index in [4.69, 9.17) is 0 Å². The Labute approximate surface area is 188 Å². The summed E-state index contributed by atoms with van der Waals surface area (Å²) in [6.45, 7) is -0.0478. The van der Waals surface area contributed by atoms with Gasteiger partial charge in [-0.15, -0.1) is 11.8 Å². The van der Waals surface area contributed by atoms with E-state index < -0.39 is 0 Å². The van der Waals surface area contributed by atoms with Crippen LogP contribution >= 0.6 is 23.1 Å². The van der Waals surface area contributed by atoms with Gasteiger partial charge in [0.15, 0.2) is 5.13 Å². The van der Waals surface area contributed by atoms with Crippen molar-refractivity contribution in [3.63, 3.8) is 0 Å². The Morgan fingerprint density at radius 3 is 2.58 bits per heavy atom. The van der Waals surface area contributed by atoms with Crippen LogP contribution in [0.3, 0.4) is 0 Å². The molecule has 1 aliphatic rings. The number of hydrogen-bond acceptors (Lipinski definition) is 5. The Morgan fingerprint density at radius 2 is 1.74 bits per heavy atom. The number of para-hydroxylation sites is 2. The summed E-state index contributed by atoms with van der Waals surface area (Å²) < 4.78 is 1.01. The molecule has 7 heteroatoms. The van der Waals surface area contributed by atoms with Gasteiger partial charge in [0, 0.05) is 16.6 Å². The monoisotopic (exact) mass is 445 g/mol. The first kappa shape index (κ1) is 19.8. The predicted molar refractivity (Wildman–Crippen MR) is 127 cm³/mol. The fourth-order valence-corrected chi connectivity index (χ4v) is 5.80. The van der Waals surface area contributed by atoms with Crippen molar-refractivity contribution in [2.75, 3.05) is 16.8 Å². The zero-order chi connectivity index (χ0) is 21.2. The van der Waals surface area contributed by atoms with Crippen molar-refractivity contribution in [2.24, 2.45) is 0 Å². The van der Waals surface area contributed by atoms with Crippen LogP contribution in [-0.2, 0) is 9.59 Å². The van der Waals surface area contributed by atoms with E-state index in [0.29, 0.717) is 11.6 Å². The molecule has 154 valence electrons. The maximum absolute atomic E-state index is 13.2. The number of nitrogens with one attached hydrogen (secondary N) is 1. The van der Waals surface area contributed by atoms with Gasteiger partial charge in [0.05, 0.1) is 15.9 Å². The van der Waals surface area contributed by atoms with Crippen LogP contribution in [0.4, 0.5) is 10.8 Å². The van der Waals surface area contributed by atoms with Gasteiger partial charge >= 0.3 is 0 Å². The molecule has 3 aromatic carbocycles. The molecule has 2 amide bonds. The van der Waals surface area contributed by atoms with E-state index >= 15 is 0 Å². The summed E-state index contributed by atoms with van der Waals surface area (Å²) in [4.78, 5) is 33.1. The Morgan fingerprint density at radius 1 is 1.00 bits per heavy atom. The lowest BCUT2D eigenvalue weighted by Gasteiger charge is -2.21. The fourth-order valence-electron chi connectivity index (χ4n) is 3.63. The highest BCUT2D eigenvalue weighted by Gasteiger charge is 2.30. The summed E-state index contributed by atoms with van der Waals surface area (Å²) in [5.74, 6) is -0.323. The maximum Gasteiger partial charge on any atom is 0.246 e. The first-order chi connectivity index (χ1) is 15.2. The van der Waals surface area contributed by atoms with E-state index in [2.05, 4.69) is 10.3 Å². The summed E-state index contributed by atoms with van der Waals surface area (Å²) >= 11 is 3.09. The third kappa shape index (κ3) is 4.19. The highest BCUT2D eigenvalue weighted by atomic mass is 32.2. The summed E-state index contributed by atoms with van der Waals surface area (Å²) in [7, 11) is 0. The van der Waals surface area contributed by atoms with E-state index in [1.165, 1.54) is 11.3 Å². The molecule has 5 rings (SSSR count). The van der Waals surface area contributed by atoms with Crippen molar-refractivity contribution in [2.45, 2.75) is 16.6 Å². The molecule has 1 atom stereocenters. The number of amides is 2. The van der Waals surface area contributed by atoms with Gasteiger partial charge in [0.1, 0.15) is 6.54 Å². The minimum Gasteiger partial charge on any atom is -0.302 e. The summed E-state index contributed by atoms with van der Waals surface area (Å²) in [6, 6.07) is 25.5. The predicted octanol–water partition coefficient (Wildman–Crippen LogP) is 5.51. The molecule has 0 aliphatic carbocycles. The van der Waals surface area contributed by atoms with Crippen molar-refractivity contribution >= 4 is 55.9 Å². The van der Waals surface area contributed by atoms with Crippen molar-refractivity contribution in [1.29, 1.82) is 0 Å². The molecule has 31 heavy (non-hydrogen) atoms. The van der Waals surface area contributed by atoms with Crippen LogP contribution in [0.1, 0.15) is 17.2 Å². The molecule has 0 radical (unpaired) electrons. The third-order valence-corrected chi connectivity index (χ3v) is 7.37. The average molecular weight is 446 g/mol. The molecule has 2 heterocycles. The zero-order valence-corrected chi connectivity index (χ0v) is 18.2. The molecule has 0 bridgehead atoms. The second-order valence-corrected chi connectivity index (χ2v) is 9.48. The van der Waals surface area contributed by atoms with Gasteiger partial charge in [0.2, 0.25) is 11.8 Å². The number of thioether (sulfide) groups is 1. The second-order valence-electron chi connectivity index (χ2n) is 7.20. The first-order valence-corrected chi connectivity index (χ1v) is 11.6. The van der Waals surface area contributed by atoms with Gasteiger partial charge in [-0.3, -0.25) is 9.59 Å². The highest BCUT2D eigenvalue weighted by molar-refractivity contribution is 7.99. The zero-order valence-electron chi connectivity index (χ0n) is 16.5. The van der Waals surface area contributed by atoms with Gasteiger partial charge in [-0.2, -0.15) is 0 Å². The number of fused-ring (bicyclic) bond motifs is 2. The highest BCUT2D eigenvalue weighted by Crippen LogP contribution is 2.45. The SMILES string of the molecule is O=C(CN1C(=O)CC(c2ccccc2)Sc2ccccc21)Nc1nc2ccccc2s1. The Kier molecular flexibility index (Phi) is 5.44. The molecule has 4 aromatic rings. The molecule has 0 spiro atoms. The smallest absolute Gasteiger partial charge is 0.246 e. The quantitative estimate of drug-likeness (QED) is 0.450. The van der Waals surface area contributed by atoms with Crippen LogP contribution in [0.15, 0.2) is 83.8 Å². The van der Waals surface area contributed by atoms with Gasteiger partial charge < -0.3 is 10.2 Å². The number of carbonyl (C=O) groups excluding carboxylic acids is 2. The number of benzene rings is 3. The van der Waals surface area contributed by atoms with E-state index in [-0.39, 0.29) is 23.6 Å². The Balaban J connectivity index is 1.39. The van der Waals surface area contributed by atoms with E-state index in [1.54, 1.807) is 16.7 Å².